The Balaban J connectivity index is 2.37. The van der Waals surface area contributed by atoms with Crippen molar-refractivity contribution in [2.45, 2.75) is 25.6 Å². The Bertz CT molecular complexity index is 179. The highest BCUT2D eigenvalue weighted by Gasteiger charge is 2.28. The molecule has 64 valence electrons. The van der Waals surface area contributed by atoms with Gasteiger partial charge in [-0.1, -0.05) is 0 Å². The summed E-state index contributed by atoms with van der Waals surface area (Å²) in [6.45, 7) is 2.17. The van der Waals surface area contributed by atoms with Gasteiger partial charge in [-0.15, -0.1) is 0 Å². The van der Waals surface area contributed by atoms with E-state index in [1.807, 2.05) is 0 Å². The molecule has 0 aromatic carbocycles. The second kappa shape index (κ2) is 3.88. The molecule has 1 aliphatic heterocycles. The third-order valence-corrected chi connectivity index (χ3v) is 2.94. The minimum Gasteiger partial charge on any atom is -0.452 e. The van der Waals surface area contributed by atoms with E-state index in [-0.39, 0.29) is 5.97 Å². The first kappa shape index (κ1) is 8.75. The lowest BCUT2D eigenvalue weighted by atomic mass is 10.4. The van der Waals surface area contributed by atoms with Crippen molar-refractivity contribution in [3.63, 3.8) is 0 Å². The quantitative estimate of drug-likeness (QED) is 0.480. The first-order chi connectivity index (χ1) is 5.24. The molecule has 1 saturated heterocycles. The van der Waals surface area contributed by atoms with Crippen LogP contribution in [0.5, 0.6) is 0 Å². The summed E-state index contributed by atoms with van der Waals surface area (Å²) in [5, 5.41) is 0. The summed E-state index contributed by atoms with van der Waals surface area (Å²) in [6.07, 6.45) is 0.908. The Morgan fingerprint density at radius 1 is 1.82 bits per heavy atom. The molecule has 0 aliphatic carbocycles. The van der Waals surface area contributed by atoms with Crippen LogP contribution >= 0.6 is 8.03 Å². The molecule has 4 nitrogen and oxygen atoms in total. The van der Waals surface area contributed by atoms with E-state index in [9.17, 15) is 9.36 Å². The van der Waals surface area contributed by atoms with Crippen LogP contribution in [0.25, 0.3) is 0 Å². The summed E-state index contributed by atoms with van der Waals surface area (Å²) in [5.41, 5.74) is 0. The molecule has 1 fully saturated rings. The standard InChI is InChI=1S/C6H11O4P/c1-2-9-11(8)6-4-3-5(7)10-6/h6,11H,2-4H2,1H3. The lowest BCUT2D eigenvalue weighted by Gasteiger charge is -2.07. The zero-order valence-corrected chi connectivity index (χ0v) is 7.33. The maximum Gasteiger partial charge on any atom is 0.306 e. The smallest absolute Gasteiger partial charge is 0.306 e. The molecule has 0 saturated carbocycles. The molecule has 0 bridgehead atoms. The molecule has 0 aromatic heterocycles. The lowest BCUT2D eigenvalue weighted by Crippen LogP contribution is -2.02. The van der Waals surface area contributed by atoms with Crippen molar-refractivity contribution < 1.29 is 18.6 Å². The van der Waals surface area contributed by atoms with E-state index >= 15 is 0 Å². The maximum absolute atomic E-state index is 11.1. The van der Waals surface area contributed by atoms with Crippen molar-refractivity contribution in [1.29, 1.82) is 0 Å². The van der Waals surface area contributed by atoms with Crippen LogP contribution in [-0.2, 0) is 18.6 Å². The Morgan fingerprint density at radius 3 is 3.00 bits per heavy atom. The summed E-state index contributed by atoms with van der Waals surface area (Å²) in [7, 11) is -2.14. The van der Waals surface area contributed by atoms with E-state index in [4.69, 9.17) is 9.26 Å². The molecular formula is C6H11O4P. The fourth-order valence-electron chi connectivity index (χ4n) is 0.927. The summed E-state index contributed by atoms with van der Waals surface area (Å²) in [5.74, 6) is -0.736. The molecule has 1 aliphatic rings. The van der Waals surface area contributed by atoms with Crippen LogP contribution in [0.2, 0.25) is 0 Å². The minimum atomic E-state index is -2.14. The zero-order chi connectivity index (χ0) is 8.27. The second-order valence-electron chi connectivity index (χ2n) is 2.27. The number of ether oxygens (including phenoxy) is 1. The molecule has 5 heteroatoms. The van der Waals surface area contributed by atoms with Crippen molar-refractivity contribution in [3.8, 4) is 0 Å². The summed E-state index contributed by atoms with van der Waals surface area (Å²) in [4.78, 5) is 10.6. The van der Waals surface area contributed by atoms with Gasteiger partial charge in [0.05, 0.1) is 6.61 Å². The van der Waals surface area contributed by atoms with Crippen molar-refractivity contribution in [1.82, 2.24) is 0 Å². The number of carbonyl (C=O) groups excluding carboxylic acids is 1. The molecule has 2 unspecified atom stereocenters. The van der Waals surface area contributed by atoms with E-state index in [1.54, 1.807) is 6.92 Å². The van der Waals surface area contributed by atoms with Gasteiger partial charge >= 0.3 is 5.97 Å². The van der Waals surface area contributed by atoms with Crippen molar-refractivity contribution in [2.75, 3.05) is 6.61 Å². The monoisotopic (exact) mass is 178 g/mol. The predicted molar refractivity (Wildman–Crippen MR) is 39.7 cm³/mol. The second-order valence-corrected chi connectivity index (χ2v) is 3.84. The highest BCUT2D eigenvalue weighted by molar-refractivity contribution is 7.39. The van der Waals surface area contributed by atoms with Gasteiger partial charge in [0.15, 0.2) is 5.85 Å². The molecule has 11 heavy (non-hydrogen) atoms. The maximum atomic E-state index is 11.1. The minimum absolute atomic E-state index is 0.270. The van der Waals surface area contributed by atoms with E-state index in [1.165, 1.54) is 0 Å². The average Bonchev–Trinajstić information content (AvgIpc) is 2.36. The molecule has 1 rings (SSSR count). The summed E-state index contributed by atoms with van der Waals surface area (Å²) < 4.78 is 20.7. The molecule has 0 amide bonds. The van der Waals surface area contributed by atoms with E-state index < -0.39 is 13.9 Å². The van der Waals surface area contributed by atoms with Crippen LogP contribution in [0, 0.1) is 0 Å². The Morgan fingerprint density at radius 2 is 2.55 bits per heavy atom. The highest BCUT2D eigenvalue weighted by atomic mass is 31.1. The first-order valence-electron chi connectivity index (χ1n) is 3.60. The van der Waals surface area contributed by atoms with Gasteiger partial charge in [0.1, 0.15) is 0 Å². The zero-order valence-electron chi connectivity index (χ0n) is 6.33. The van der Waals surface area contributed by atoms with Gasteiger partial charge in [-0.25, -0.2) is 0 Å². The molecule has 0 radical (unpaired) electrons. The third kappa shape index (κ3) is 2.31. The highest BCUT2D eigenvalue weighted by Crippen LogP contribution is 2.36. The van der Waals surface area contributed by atoms with Gasteiger partial charge in [0.2, 0.25) is 8.03 Å². The third-order valence-electron chi connectivity index (χ3n) is 1.43. The van der Waals surface area contributed by atoms with Crippen molar-refractivity contribution in [2.24, 2.45) is 0 Å². The molecule has 0 aromatic rings. The largest absolute Gasteiger partial charge is 0.452 e. The molecular weight excluding hydrogens is 167 g/mol. The van der Waals surface area contributed by atoms with E-state index in [2.05, 4.69) is 0 Å². The fraction of sp³-hybridized carbons (Fsp3) is 0.833. The number of rotatable bonds is 3. The van der Waals surface area contributed by atoms with Gasteiger partial charge in [0, 0.05) is 12.8 Å². The van der Waals surface area contributed by atoms with Crippen LogP contribution in [0.1, 0.15) is 19.8 Å². The molecule has 0 spiro atoms. The van der Waals surface area contributed by atoms with Crippen LogP contribution in [0.15, 0.2) is 0 Å². The Kier molecular flexibility index (Phi) is 3.09. The molecule has 0 N–H and O–H groups in total. The Hall–Kier alpha value is -0.340. The van der Waals surface area contributed by atoms with Crippen LogP contribution < -0.4 is 0 Å². The van der Waals surface area contributed by atoms with Crippen LogP contribution in [0.4, 0.5) is 0 Å². The SMILES string of the molecule is CCO[PH](=O)C1CCC(=O)O1. The number of carbonyl (C=O) groups is 1. The molecule has 2 atom stereocenters. The van der Waals surface area contributed by atoms with Gasteiger partial charge in [-0.05, 0) is 6.92 Å². The topological polar surface area (TPSA) is 52.6 Å². The van der Waals surface area contributed by atoms with E-state index in [0.29, 0.717) is 19.4 Å². The number of hydrogen-bond donors (Lipinski definition) is 0. The Labute approximate surface area is 65.7 Å². The first-order valence-corrected chi connectivity index (χ1v) is 4.99. The van der Waals surface area contributed by atoms with E-state index in [0.717, 1.165) is 0 Å². The molecule has 1 heterocycles. The van der Waals surface area contributed by atoms with Gasteiger partial charge in [-0.2, -0.15) is 0 Å². The average molecular weight is 178 g/mol. The fourth-order valence-corrected chi connectivity index (χ4v) is 2.00. The predicted octanol–water partition coefficient (Wildman–Crippen LogP) is 1.16. The number of esters is 1. The number of cyclic esters (lactones) is 1. The van der Waals surface area contributed by atoms with Gasteiger partial charge in [0.25, 0.3) is 0 Å². The van der Waals surface area contributed by atoms with Gasteiger partial charge in [-0.3, -0.25) is 9.36 Å². The summed E-state index contributed by atoms with van der Waals surface area (Å²) in [6, 6.07) is 0. The van der Waals surface area contributed by atoms with Gasteiger partial charge < -0.3 is 9.26 Å². The number of hydrogen-bond acceptors (Lipinski definition) is 4. The summed E-state index contributed by atoms with van der Waals surface area (Å²) >= 11 is 0. The van der Waals surface area contributed by atoms with Crippen LogP contribution in [0.3, 0.4) is 0 Å². The normalized spacial score (nSPS) is 26.6. The van der Waals surface area contributed by atoms with Crippen molar-refractivity contribution >= 4 is 14.0 Å². The lowest BCUT2D eigenvalue weighted by molar-refractivity contribution is -0.139. The van der Waals surface area contributed by atoms with Crippen LogP contribution in [-0.4, -0.2) is 18.4 Å². The van der Waals surface area contributed by atoms with Crippen molar-refractivity contribution in [3.05, 3.63) is 0 Å².